The number of fused-ring (bicyclic) bond motifs is 1. The van der Waals surface area contributed by atoms with Gasteiger partial charge in [-0.05, 0) is 49.7 Å². The van der Waals surface area contributed by atoms with Gasteiger partial charge in [0.15, 0.2) is 5.78 Å². The molecule has 94 valence electrons. The maximum Gasteiger partial charge on any atom is 0.158 e. The van der Waals surface area contributed by atoms with Crippen molar-refractivity contribution in [1.29, 1.82) is 0 Å². The third-order valence-electron chi connectivity index (χ3n) is 4.86. The first-order chi connectivity index (χ1) is 7.78. The fraction of sp³-hybridized carbons (Fsp3) is 0.667. The molecule has 2 aliphatic rings. The standard InChI is InChI=1S/C15H22O2/c1-10(2)15(17)8-7-14(4)6-5-13(16)11(3)12(14)9-15/h17H,1,5-9H2,2-4H3. The zero-order chi connectivity index (χ0) is 12.8. The molecule has 0 aromatic rings. The Labute approximate surface area is 103 Å². The van der Waals surface area contributed by atoms with Crippen LogP contribution >= 0.6 is 0 Å². The Kier molecular flexibility index (Phi) is 2.81. The molecule has 0 aromatic heterocycles. The summed E-state index contributed by atoms with van der Waals surface area (Å²) in [7, 11) is 0. The van der Waals surface area contributed by atoms with Crippen molar-refractivity contribution in [3.05, 3.63) is 23.3 Å². The lowest BCUT2D eigenvalue weighted by atomic mass is 9.59. The van der Waals surface area contributed by atoms with Crippen molar-refractivity contribution in [2.45, 2.75) is 58.5 Å². The van der Waals surface area contributed by atoms with Gasteiger partial charge in [0.25, 0.3) is 0 Å². The Hall–Kier alpha value is -0.890. The van der Waals surface area contributed by atoms with Gasteiger partial charge in [0.2, 0.25) is 0 Å². The molecular formula is C15H22O2. The summed E-state index contributed by atoms with van der Waals surface area (Å²) < 4.78 is 0. The van der Waals surface area contributed by atoms with Crippen molar-refractivity contribution in [3.63, 3.8) is 0 Å². The monoisotopic (exact) mass is 234 g/mol. The second kappa shape index (κ2) is 3.81. The number of hydrogen-bond donors (Lipinski definition) is 1. The van der Waals surface area contributed by atoms with E-state index in [0.29, 0.717) is 12.8 Å². The Morgan fingerprint density at radius 3 is 2.59 bits per heavy atom. The van der Waals surface area contributed by atoms with Crippen LogP contribution in [0.5, 0.6) is 0 Å². The van der Waals surface area contributed by atoms with Crippen LogP contribution in [-0.4, -0.2) is 16.5 Å². The molecular weight excluding hydrogens is 212 g/mol. The van der Waals surface area contributed by atoms with E-state index in [4.69, 9.17) is 0 Å². The van der Waals surface area contributed by atoms with Crippen LogP contribution in [0.1, 0.15) is 52.9 Å². The van der Waals surface area contributed by atoms with E-state index in [-0.39, 0.29) is 11.2 Å². The van der Waals surface area contributed by atoms with E-state index in [1.54, 1.807) is 0 Å². The number of aliphatic hydroxyl groups is 1. The maximum atomic E-state index is 11.8. The van der Waals surface area contributed by atoms with Gasteiger partial charge in [0.1, 0.15) is 0 Å². The minimum atomic E-state index is -0.798. The van der Waals surface area contributed by atoms with Gasteiger partial charge in [-0.2, -0.15) is 0 Å². The topological polar surface area (TPSA) is 37.3 Å². The molecule has 0 aliphatic heterocycles. The van der Waals surface area contributed by atoms with Crippen molar-refractivity contribution in [2.24, 2.45) is 5.41 Å². The van der Waals surface area contributed by atoms with Crippen LogP contribution < -0.4 is 0 Å². The number of ketones is 1. The molecule has 0 bridgehead atoms. The molecule has 1 fully saturated rings. The highest BCUT2D eigenvalue weighted by Gasteiger charge is 2.45. The predicted octanol–water partition coefficient (Wildman–Crippen LogP) is 3.16. The number of carbonyl (C=O) groups excluding carboxylic acids is 1. The number of allylic oxidation sites excluding steroid dienone is 1. The molecule has 0 radical (unpaired) electrons. The summed E-state index contributed by atoms with van der Waals surface area (Å²) in [6, 6.07) is 0. The Morgan fingerprint density at radius 2 is 2.00 bits per heavy atom. The van der Waals surface area contributed by atoms with Crippen molar-refractivity contribution >= 4 is 5.78 Å². The Morgan fingerprint density at radius 1 is 1.35 bits per heavy atom. The fourth-order valence-corrected chi connectivity index (χ4v) is 3.20. The number of carbonyl (C=O) groups is 1. The van der Waals surface area contributed by atoms with Gasteiger partial charge in [-0.25, -0.2) is 0 Å². The zero-order valence-electron chi connectivity index (χ0n) is 11.1. The Balaban J connectivity index is 2.42. The average Bonchev–Trinajstić information content (AvgIpc) is 2.27. The maximum absolute atomic E-state index is 11.8. The quantitative estimate of drug-likeness (QED) is 0.708. The normalized spacial score (nSPS) is 38.0. The average molecular weight is 234 g/mol. The van der Waals surface area contributed by atoms with Crippen LogP contribution in [0, 0.1) is 5.41 Å². The molecule has 0 spiro atoms. The molecule has 0 saturated heterocycles. The smallest absolute Gasteiger partial charge is 0.158 e. The number of Topliss-reactive ketones (excluding diaryl/α,β-unsaturated/α-hetero) is 1. The molecule has 0 heterocycles. The highest BCUT2D eigenvalue weighted by atomic mass is 16.3. The lowest BCUT2D eigenvalue weighted by molar-refractivity contribution is -0.117. The second-order valence-electron chi connectivity index (χ2n) is 6.08. The SMILES string of the molecule is C=C(C)C1(O)CCC2(C)CCC(=O)C(C)=C2C1. The fourth-order valence-electron chi connectivity index (χ4n) is 3.20. The molecule has 0 amide bonds. The first-order valence-corrected chi connectivity index (χ1v) is 6.40. The van der Waals surface area contributed by atoms with E-state index in [2.05, 4.69) is 13.5 Å². The molecule has 17 heavy (non-hydrogen) atoms. The van der Waals surface area contributed by atoms with E-state index < -0.39 is 5.60 Å². The van der Waals surface area contributed by atoms with Gasteiger partial charge in [-0.1, -0.05) is 19.1 Å². The highest BCUT2D eigenvalue weighted by molar-refractivity contribution is 5.96. The summed E-state index contributed by atoms with van der Waals surface area (Å²) in [5.41, 5.74) is 2.20. The van der Waals surface area contributed by atoms with Crippen LogP contribution in [0.3, 0.4) is 0 Å². The molecule has 2 aliphatic carbocycles. The van der Waals surface area contributed by atoms with Crippen molar-refractivity contribution in [3.8, 4) is 0 Å². The van der Waals surface area contributed by atoms with Crippen LogP contribution in [-0.2, 0) is 4.79 Å². The first-order valence-electron chi connectivity index (χ1n) is 6.40. The summed E-state index contributed by atoms with van der Waals surface area (Å²) >= 11 is 0. The van der Waals surface area contributed by atoms with E-state index >= 15 is 0 Å². The first kappa shape index (κ1) is 12.6. The van der Waals surface area contributed by atoms with Gasteiger partial charge in [-0.15, -0.1) is 0 Å². The summed E-state index contributed by atoms with van der Waals surface area (Å²) in [6.45, 7) is 9.92. The summed E-state index contributed by atoms with van der Waals surface area (Å²) in [5.74, 6) is 0.253. The molecule has 2 atom stereocenters. The van der Waals surface area contributed by atoms with Gasteiger partial charge in [0, 0.05) is 12.8 Å². The summed E-state index contributed by atoms with van der Waals surface area (Å²) in [5, 5.41) is 10.6. The van der Waals surface area contributed by atoms with Gasteiger partial charge >= 0.3 is 0 Å². The molecule has 2 heteroatoms. The lowest BCUT2D eigenvalue weighted by Crippen LogP contribution is -2.43. The number of rotatable bonds is 1. The predicted molar refractivity (Wildman–Crippen MR) is 68.7 cm³/mol. The van der Waals surface area contributed by atoms with Gasteiger partial charge < -0.3 is 5.11 Å². The van der Waals surface area contributed by atoms with E-state index in [1.165, 1.54) is 5.57 Å². The second-order valence-corrected chi connectivity index (χ2v) is 6.08. The molecule has 2 unspecified atom stereocenters. The van der Waals surface area contributed by atoms with E-state index in [1.807, 2.05) is 13.8 Å². The minimum absolute atomic E-state index is 0.125. The highest BCUT2D eigenvalue weighted by Crippen LogP contribution is 2.52. The van der Waals surface area contributed by atoms with Gasteiger partial charge in [-0.3, -0.25) is 4.79 Å². The van der Waals surface area contributed by atoms with E-state index in [0.717, 1.165) is 30.4 Å². The number of hydrogen-bond acceptors (Lipinski definition) is 2. The van der Waals surface area contributed by atoms with Crippen LogP contribution in [0.15, 0.2) is 23.3 Å². The molecule has 0 aromatic carbocycles. The lowest BCUT2D eigenvalue weighted by Gasteiger charge is -2.47. The van der Waals surface area contributed by atoms with Crippen molar-refractivity contribution in [2.75, 3.05) is 0 Å². The van der Waals surface area contributed by atoms with Crippen LogP contribution in [0.25, 0.3) is 0 Å². The third-order valence-corrected chi connectivity index (χ3v) is 4.86. The molecule has 1 saturated carbocycles. The minimum Gasteiger partial charge on any atom is -0.385 e. The largest absolute Gasteiger partial charge is 0.385 e. The summed E-state index contributed by atoms with van der Waals surface area (Å²) in [6.07, 6.45) is 3.92. The zero-order valence-corrected chi connectivity index (χ0v) is 11.1. The molecule has 2 rings (SSSR count). The van der Waals surface area contributed by atoms with Gasteiger partial charge in [0.05, 0.1) is 5.60 Å². The van der Waals surface area contributed by atoms with Crippen molar-refractivity contribution < 1.29 is 9.90 Å². The van der Waals surface area contributed by atoms with Crippen LogP contribution in [0.2, 0.25) is 0 Å². The van der Waals surface area contributed by atoms with E-state index in [9.17, 15) is 9.90 Å². The Bertz CT molecular complexity index is 419. The van der Waals surface area contributed by atoms with Crippen molar-refractivity contribution in [1.82, 2.24) is 0 Å². The molecule has 1 N–H and O–H groups in total. The third kappa shape index (κ3) is 1.89. The summed E-state index contributed by atoms with van der Waals surface area (Å²) in [4.78, 5) is 11.8. The van der Waals surface area contributed by atoms with Crippen LogP contribution in [0.4, 0.5) is 0 Å². The molecule has 2 nitrogen and oxygen atoms in total.